The molecule has 0 aliphatic rings. The standard InChI is InChI=1S/C24H29N7/c1-3-5-11-23-25-22(8-4-2)28-31(23)17-19-14-12-18(13-15-19)16-20-9-6-7-10-21(20)24-26-29-30-27-24/h6-7,9-10,12-15H,3-5,8,11,16-17H2,1-2H3,(H,26,27,29,30). The molecule has 0 radical (unpaired) electrons. The van der Waals surface area contributed by atoms with E-state index in [2.05, 4.69) is 69.5 Å². The van der Waals surface area contributed by atoms with E-state index in [1.165, 1.54) is 16.7 Å². The molecule has 2 heterocycles. The van der Waals surface area contributed by atoms with Gasteiger partial charge < -0.3 is 0 Å². The Morgan fingerprint density at radius 1 is 0.903 bits per heavy atom. The number of hydrogen-bond acceptors (Lipinski definition) is 5. The van der Waals surface area contributed by atoms with Crippen LogP contribution >= 0.6 is 0 Å². The third kappa shape index (κ3) is 5.23. The number of unbranched alkanes of at least 4 members (excludes halogenated alkanes) is 1. The number of aryl methyl sites for hydroxylation is 2. The molecule has 2 aromatic heterocycles. The van der Waals surface area contributed by atoms with Gasteiger partial charge in [0, 0.05) is 18.4 Å². The molecule has 0 bridgehead atoms. The SMILES string of the molecule is CCCCc1nc(CCC)nn1Cc1ccc(Cc2ccccc2-c2nn[nH]n2)cc1. The molecule has 7 nitrogen and oxygen atoms in total. The van der Waals surface area contributed by atoms with Crippen LogP contribution in [0, 0.1) is 0 Å². The van der Waals surface area contributed by atoms with Gasteiger partial charge in [-0.3, -0.25) is 0 Å². The number of aromatic nitrogens is 7. The summed E-state index contributed by atoms with van der Waals surface area (Å²) in [6.07, 6.45) is 6.11. The maximum Gasteiger partial charge on any atom is 0.204 e. The molecule has 0 fully saturated rings. The first-order chi connectivity index (χ1) is 15.3. The molecular formula is C24H29N7. The molecule has 0 aliphatic heterocycles. The molecule has 4 aromatic rings. The van der Waals surface area contributed by atoms with Gasteiger partial charge in [0.2, 0.25) is 5.82 Å². The molecule has 0 atom stereocenters. The van der Waals surface area contributed by atoms with Crippen LogP contribution in [-0.4, -0.2) is 35.4 Å². The zero-order valence-electron chi connectivity index (χ0n) is 18.3. The number of H-pyrrole nitrogens is 1. The summed E-state index contributed by atoms with van der Waals surface area (Å²) in [6.45, 7) is 5.14. The van der Waals surface area contributed by atoms with Crippen LogP contribution in [0.1, 0.15) is 61.4 Å². The zero-order valence-corrected chi connectivity index (χ0v) is 18.3. The molecule has 2 aromatic carbocycles. The molecule has 160 valence electrons. The van der Waals surface area contributed by atoms with Crippen molar-refractivity contribution in [2.45, 2.75) is 58.9 Å². The Morgan fingerprint density at radius 2 is 1.71 bits per heavy atom. The van der Waals surface area contributed by atoms with Gasteiger partial charge in [0.25, 0.3) is 0 Å². The van der Waals surface area contributed by atoms with E-state index in [1.54, 1.807) is 0 Å². The molecule has 1 N–H and O–H groups in total. The second-order valence-electron chi connectivity index (χ2n) is 7.84. The fourth-order valence-corrected chi connectivity index (χ4v) is 3.73. The minimum Gasteiger partial charge on any atom is -0.245 e. The first-order valence-corrected chi connectivity index (χ1v) is 11.1. The highest BCUT2D eigenvalue weighted by Crippen LogP contribution is 2.22. The summed E-state index contributed by atoms with van der Waals surface area (Å²) >= 11 is 0. The highest BCUT2D eigenvalue weighted by molar-refractivity contribution is 5.60. The van der Waals surface area contributed by atoms with E-state index in [0.717, 1.165) is 62.3 Å². The quantitative estimate of drug-likeness (QED) is 0.415. The summed E-state index contributed by atoms with van der Waals surface area (Å²) in [7, 11) is 0. The van der Waals surface area contributed by atoms with Crippen molar-refractivity contribution in [1.82, 2.24) is 35.4 Å². The highest BCUT2D eigenvalue weighted by Gasteiger charge is 2.11. The molecule has 0 aliphatic carbocycles. The van der Waals surface area contributed by atoms with Gasteiger partial charge >= 0.3 is 0 Å². The van der Waals surface area contributed by atoms with Gasteiger partial charge in [0.15, 0.2) is 5.82 Å². The van der Waals surface area contributed by atoms with Gasteiger partial charge in [-0.1, -0.05) is 68.8 Å². The van der Waals surface area contributed by atoms with Gasteiger partial charge in [-0.25, -0.2) is 9.67 Å². The predicted octanol–water partition coefficient (Wildman–Crippen LogP) is 4.39. The van der Waals surface area contributed by atoms with Crippen molar-refractivity contribution < 1.29 is 0 Å². The summed E-state index contributed by atoms with van der Waals surface area (Å²) in [5.74, 6) is 2.69. The number of aromatic amines is 1. The van der Waals surface area contributed by atoms with Crippen molar-refractivity contribution in [3.8, 4) is 11.4 Å². The van der Waals surface area contributed by atoms with Crippen LogP contribution in [0.15, 0.2) is 48.5 Å². The lowest BCUT2D eigenvalue weighted by Gasteiger charge is -2.09. The monoisotopic (exact) mass is 415 g/mol. The summed E-state index contributed by atoms with van der Waals surface area (Å²) in [5, 5.41) is 19.2. The number of tetrazole rings is 1. The summed E-state index contributed by atoms with van der Waals surface area (Å²) < 4.78 is 2.08. The van der Waals surface area contributed by atoms with Crippen LogP contribution in [0.5, 0.6) is 0 Å². The van der Waals surface area contributed by atoms with Crippen molar-refractivity contribution >= 4 is 0 Å². The highest BCUT2D eigenvalue weighted by atomic mass is 15.5. The Bertz CT molecular complexity index is 1080. The minimum atomic E-state index is 0.626. The molecule has 7 heteroatoms. The molecule has 4 rings (SSSR count). The number of nitrogens with zero attached hydrogens (tertiary/aromatic N) is 6. The summed E-state index contributed by atoms with van der Waals surface area (Å²) in [5.41, 5.74) is 4.67. The van der Waals surface area contributed by atoms with E-state index in [1.807, 2.05) is 18.2 Å². The zero-order chi connectivity index (χ0) is 21.5. The van der Waals surface area contributed by atoms with E-state index in [4.69, 9.17) is 10.1 Å². The Balaban J connectivity index is 1.49. The second-order valence-corrected chi connectivity index (χ2v) is 7.84. The first kappa shape index (κ1) is 20.9. The Kier molecular flexibility index (Phi) is 6.82. The van der Waals surface area contributed by atoms with Crippen LogP contribution in [0.25, 0.3) is 11.4 Å². The molecule has 0 saturated heterocycles. The average Bonchev–Trinajstić information content (AvgIpc) is 3.45. The Morgan fingerprint density at radius 3 is 2.45 bits per heavy atom. The fourth-order valence-electron chi connectivity index (χ4n) is 3.73. The maximum atomic E-state index is 4.77. The first-order valence-electron chi connectivity index (χ1n) is 11.1. The largest absolute Gasteiger partial charge is 0.245 e. The number of rotatable bonds is 10. The lowest BCUT2D eigenvalue weighted by atomic mass is 9.98. The van der Waals surface area contributed by atoms with Gasteiger partial charge in [-0.2, -0.15) is 10.3 Å². The number of hydrogen-bond donors (Lipinski definition) is 1. The molecule has 0 amide bonds. The van der Waals surface area contributed by atoms with E-state index in [0.29, 0.717) is 5.82 Å². The maximum absolute atomic E-state index is 4.77. The molecular weight excluding hydrogens is 386 g/mol. The molecule has 0 spiro atoms. The molecule has 0 saturated carbocycles. The van der Waals surface area contributed by atoms with Crippen LogP contribution < -0.4 is 0 Å². The normalized spacial score (nSPS) is 11.2. The van der Waals surface area contributed by atoms with Gasteiger partial charge in [0.05, 0.1) is 6.54 Å². The lowest BCUT2D eigenvalue weighted by Crippen LogP contribution is -2.07. The summed E-state index contributed by atoms with van der Waals surface area (Å²) in [6, 6.07) is 17.0. The van der Waals surface area contributed by atoms with Crippen LogP contribution in [0.2, 0.25) is 0 Å². The number of nitrogens with one attached hydrogen (secondary N) is 1. The van der Waals surface area contributed by atoms with Crippen molar-refractivity contribution in [1.29, 1.82) is 0 Å². The van der Waals surface area contributed by atoms with Crippen molar-refractivity contribution in [2.24, 2.45) is 0 Å². The smallest absolute Gasteiger partial charge is 0.204 e. The van der Waals surface area contributed by atoms with Crippen LogP contribution in [-0.2, 0) is 25.8 Å². The van der Waals surface area contributed by atoms with Gasteiger partial charge in [-0.15, -0.1) is 10.2 Å². The predicted molar refractivity (Wildman–Crippen MR) is 121 cm³/mol. The van der Waals surface area contributed by atoms with Crippen LogP contribution in [0.4, 0.5) is 0 Å². The fraction of sp³-hybridized carbons (Fsp3) is 0.375. The van der Waals surface area contributed by atoms with E-state index in [9.17, 15) is 0 Å². The van der Waals surface area contributed by atoms with E-state index < -0.39 is 0 Å². The van der Waals surface area contributed by atoms with Gasteiger partial charge in [0.1, 0.15) is 5.82 Å². The lowest BCUT2D eigenvalue weighted by molar-refractivity contribution is 0.613. The Hall–Kier alpha value is -3.35. The van der Waals surface area contributed by atoms with Crippen molar-refractivity contribution in [2.75, 3.05) is 0 Å². The molecule has 31 heavy (non-hydrogen) atoms. The topological polar surface area (TPSA) is 85.2 Å². The second kappa shape index (κ2) is 10.1. The third-order valence-corrected chi connectivity index (χ3v) is 5.37. The van der Waals surface area contributed by atoms with Gasteiger partial charge in [-0.05, 0) is 41.2 Å². The average molecular weight is 416 g/mol. The van der Waals surface area contributed by atoms with Crippen molar-refractivity contribution in [3.63, 3.8) is 0 Å². The number of benzene rings is 2. The summed E-state index contributed by atoms with van der Waals surface area (Å²) in [4.78, 5) is 4.77. The Labute approximate surface area is 182 Å². The third-order valence-electron chi connectivity index (χ3n) is 5.37. The van der Waals surface area contributed by atoms with E-state index in [-0.39, 0.29) is 0 Å². The van der Waals surface area contributed by atoms with Crippen LogP contribution in [0.3, 0.4) is 0 Å². The van der Waals surface area contributed by atoms with E-state index >= 15 is 0 Å². The minimum absolute atomic E-state index is 0.626. The molecule has 0 unspecified atom stereocenters. The van der Waals surface area contributed by atoms with Crippen molar-refractivity contribution in [3.05, 3.63) is 76.9 Å².